The van der Waals surface area contributed by atoms with Gasteiger partial charge in [0.1, 0.15) is 0 Å². The fourth-order valence-corrected chi connectivity index (χ4v) is 2.76. The molecule has 88 valence electrons. The first-order valence-corrected chi connectivity index (χ1v) is 6.34. The summed E-state index contributed by atoms with van der Waals surface area (Å²) in [7, 11) is 2.19. The van der Waals surface area contributed by atoms with Crippen molar-refractivity contribution in [1.29, 1.82) is 0 Å². The highest BCUT2D eigenvalue weighted by molar-refractivity contribution is 5.37. The van der Waals surface area contributed by atoms with E-state index in [1.807, 2.05) is 0 Å². The Morgan fingerprint density at radius 2 is 1.88 bits per heavy atom. The summed E-state index contributed by atoms with van der Waals surface area (Å²) in [6.45, 7) is 9.21. The number of hydrogen-bond acceptors (Lipinski definition) is 1. The Balaban J connectivity index is 2.28. The highest BCUT2D eigenvalue weighted by atomic mass is 15.1. The third kappa shape index (κ3) is 2.15. The number of nitrogens with zero attached hydrogens (tertiary/aromatic N) is 1. The maximum absolute atomic E-state index is 2.43. The molecule has 1 aromatic carbocycles. The van der Waals surface area contributed by atoms with Crippen molar-refractivity contribution in [1.82, 2.24) is 4.90 Å². The molecule has 0 atom stereocenters. The molecule has 0 N–H and O–H groups in total. The van der Waals surface area contributed by atoms with Crippen molar-refractivity contribution in [3.8, 4) is 0 Å². The average molecular weight is 217 g/mol. The predicted molar refractivity (Wildman–Crippen MR) is 69.5 cm³/mol. The summed E-state index contributed by atoms with van der Waals surface area (Å²) < 4.78 is 0. The van der Waals surface area contributed by atoms with Crippen LogP contribution >= 0.6 is 0 Å². The van der Waals surface area contributed by atoms with Crippen LogP contribution in [0.5, 0.6) is 0 Å². The van der Waals surface area contributed by atoms with Crippen LogP contribution < -0.4 is 0 Å². The summed E-state index contributed by atoms with van der Waals surface area (Å²) in [6.07, 6.45) is 2.52. The van der Waals surface area contributed by atoms with Crippen LogP contribution in [-0.2, 0) is 18.5 Å². The first kappa shape index (κ1) is 11.7. The van der Waals surface area contributed by atoms with E-state index in [2.05, 4.69) is 50.9 Å². The van der Waals surface area contributed by atoms with Gasteiger partial charge in [-0.05, 0) is 35.6 Å². The number of rotatable bonds is 3. The van der Waals surface area contributed by atoms with Crippen LogP contribution in [0.15, 0.2) is 18.2 Å². The predicted octanol–water partition coefficient (Wildman–Crippen LogP) is 3.71. The monoisotopic (exact) mass is 217 g/mol. The van der Waals surface area contributed by atoms with Gasteiger partial charge in [-0.25, -0.2) is 0 Å². The Morgan fingerprint density at radius 1 is 1.19 bits per heavy atom. The van der Waals surface area contributed by atoms with E-state index < -0.39 is 0 Å². The fourth-order valence-electron chi connectivity index (χ4n) is 2.76. The van der Waals surface area contributed by atoms with Crippen molar-refractivity contribution < 1.29 is 0 Å². The van der Waals surface area contributed by atoms with Crippen LogP contribution in [0, 0.1) is 0 Å². The fraction of sp³-hybridized carbons (Fsp3) is 0.600. The van der Waals surface area contributed by atoms with E-state index in [1.54, 1.807) is 0 Å². The van der Waals surface area contributed by atoms with E-state index in [9.17, 15) is 0 Å². The molecule has 0 aliphatic carbocycles. The quantitative estimate of drug-likeness (QED) is 0.746. The molecule has 16 heavy (non-hydrogen) atoms. The smallest absolute Gasteiger partial charge is 0.0237 e. The van der Waals surface area contributed by atoms with Crippen molar-refractivity contribution in [3.63, 3.8) is 0 Å². The summed E-state index contributed by atoms with van der Waals surface area (Å²) in [5.41, 5.74) is 4.87. The summed E-state index contributed by atoms with van der Waals surface area (Å²) >= 11 is 0. The Hall–Kier alpha value is -0.820. The van der Waals surface area contributed by atoms with E-state index >= 15 is 0 Å². The molecule has 0 bridgehead atoms. The van der Waals surface area contributed by atoms with E-state index in [-0.39, 0.29) is 0 Å². The number of benzene rings is 1. The summed E-state index contributed by atoms with van der Waals surface area (Å²) in [5, 5.41) is 0. The van der Waals surface area contributed by atoms with Crippen molar-refractivity contribution in [3.05, 3.63) is 34.9 Å². The summed E-state index contributed by atoms with van der Waals surface area (Å²) in [4.78, 5) is 2.38. The standard InChI is InChI=1S/C15H23N/c1-5-8-15(2,3)14-7-6-12-10-16(4)11-13(12)9-14/h6-7,9H,5,8,10-11H2,1-4H3. The van der Waals surface area contributed by atoms with Crippen LogP contribution in [0.1, 0.15) is 50.3 Å². The van der Waals surface area contributed by atoms with Crippen LogP contribution in [0.3, 0.4) is 0 Å². The van der Waals surface area contributed by atoms with Crippen molar-refractivity contribution >= 4 is 0 Å². The molecule has 0 amide bonds. The van der Waals surface area contributed by atoms with Gasteiger partial charge in [-0.15, -0.1) is 0 Å². The minimum Gasteiger partial charge on any atom is -0.298 e. The largest absolute Gasteiger partial charge is 0.298 e. The minimum absolute atomic E-state index is 0.324. The van der Waals surface area contributed by atoms with Gasteiger partial charge in [0.15, 0.2) is 0 Å². The third-order valence-electron chi connectivity index (χ3n) is 3.74. The van der Waals surface area contributed by atoms with Crippen LogP contribution in [-0.4, -0.2) is 11.9 Å². The zero-order valence-corrected chi connectivity index (χ0v) is 11.0. The Kier molecular flexibility index (Phi) is 3.07. The first-order chi connectivity index (χ1) is 7.53. The topological polar surface area (TPSA) is 3.24 Å². The average Bonchev–Trinajstić information content (AvgIpc) is 2.56. The van der Waals surface area contributed by atoms with Crippen LogP contribution in [0.4, 0.5) is 0 Å². The molecule has 0 unspecified atom stereocenters. The molecular formula is C15H23N. The van der Waals surface area contributed by atoms with Gasteiger partial charge in [-0.2, -0.15) is 0 Å². The number of fused-ring (bicyclic) bond motifs is 1. The van der Waals surface area contributed by atoms with Gasteiger partial charge in [0.2, 0.25) is 0 Å². The molecule has 1 heteroatoms. The highest BCUT2D eigenvalue weighted by Gasteiger charge is 2.22. The van der Waals surface area contributed by atoms with Gasteiger partial charge in [0.25, 0.3) is 0 Å². The maximum Gasteiger partial charge on any atom is 0.0237 e. The van der Waals surface area contributed by atoms with Gasteiger partial charge < -0.3 is 0 Å². The van der Waals surface area contributed by atoms with E-state index in [0.29, 0.717) is 5.41 Å². The zero-order chi connectivity index (χ0) is 11.8. The second-order valence-electron chi connectivity index (χ2n) is 5.79. The lowest BCUT2D eigenvalue weighted by Crippen LogP contribution is -2.16. The van der Waals surface area contributed by atoms with Crippen molar-refractivity contribution in [2.45, 2.75) is 52.1 Å². The molecule has 2 rings (SSSR count). The molecule has 0 saturated heterocycles. The molecule has 1 aromatic rings. The Morgan fingerprint density at radius 3 is 2.56 bits per heavy atom. The van der Waals surface area contributed by atoms with Gasteiger partial charge in [-0.1, -0.05) is 45.4 Å². The van der Waals surface area contributed by atoms with E-state index in [0.717, 1.165) is 13.1 Å². The lowest BCUT2D eigenvalue weighted by molar-refractivity contribution is 0.353. The van der Waals surface area contributed by atoms with Crippen molar-refractivity contribution in [2.24, 2.45) is 0 Å². The normalized spacial score (nSPS) is 16.5. The lowest BCUT2D eigenvalue weighted by Gasteiger charge is -2.25. The van der Waals surface area contributed by atoms with Gasteiger partial charge in [-0.3, -0.25) is 4.90 Å². The maximum atomic E-state index is 2.43. The Labute approximate surface area is 99.5 Å². The Bertz CT molecular complexity index is 379. The van der Waals surface area contributed by atoms with Gasteiger partial charge >= 0.3 is 0 Å². The molecule has 1 aliphatic heterocycles. The minimum atomic E-state index is 0.324. The van der Waals surface area contributed by atoms with Crippen LogP contribution in [0.2, 0.25) is 0 Å². The molecular weight excluding hydrogens is 194 g/mol. The molecule has 1 heterocycles. The highest BCUT2D eigenvalue weighted by Crippen LogP contribution is 2.32. The van der Waals surface area contributed by atoms with E-state index in [1.165, 1.54) is 29.5 Å². The molecule has 0 spiro atoms. The lowest BCUT2D eigenvalue weighted by atomic mass is 9.80. The van der Waals surface area contributed by atoms with Crippen LogP contribution in [0.25, 0.3) is 0 Å². The molecule has 0 saturated carbocycles. The van der Waals surface area contributed by atoms with E-state index in [4.69, 9.17) is 0 Å². The second-order valence-corrected chi connectivity index (χ2v) is 5.79. The third-order valence-corrected chi connectivity index (χ3v) is 3.74. The summed E-state index contributed by atoms with van der Waals surface area (Å²) in [5.74, 6) is 0. The molecule has 0 aromatic heterocycles. The zero-order valence-electron chi connectivity index (χ0n) is 11.0. The SMILES string of the molecule is CCCC(C)(C)c1ccc2c(c1)CN(C)C2. The second kappa shape index (κ2) is 4.21. The molecule has 0 fully saturated rings. The molecule has 1 aliphatic rings. The van der Waals surface area contributed by atoms with Crippen molar-refractivity contribution in [2.75, 3.05) is 7.05 Å². The number of hydrogen-bond donors (Lipinski definition) is 0. The van der Waals surface area contributed by atoms with Gasteiger partial charge in [0.05, 0.1) is 0 Å². The molecule has 1 nitrogen and oxygen atoms in total. The first-order valence-electron chi connectivity index (χ1n) is 6.34. The van der Waals surface area contributed by atoms with Gasteiger partial charge in [0, 0.05) is 13.1 Å². The molecule has 0 radical (unpaired) electrons. The summed E-state index contributed by atoms with van der Waals surface area (Å²) in [6, 6.07) is 7.08.